The molecule has 0 aliphatic carbocycles. The number of benzene rings is 3. The van der Waals surface area contributed by atoms with Gasteiger partial charge in [0, 0.05) is 31.6 Å². The van der Waals surface area contributed by atoms with Gasteiger partial charge in [0.1, 0.15) is 35.2 Å². The minimum atomic E-state index is -1.68. The second kappa shape index (κ2) is 19.3. The molecule has 1 amide bonds. The Morgan fingerprint density at radius 1 is 0.964 bits per heavy atom. The van der Waals surface area contributed by atoms with E-state index in [2.05, 4.69) is 48.7 Å². The molecule has 14 heteroatoms. The predicted octanol–water partition coefficient (Wildman–Crippen LogP) is 7.18. The summed E-state index contributed by atoms with van der Waals surface area (Å²) < 4.78 is 41.7. The largest absolute Gasteiger partial charge is 0.497 e. The van der Waals surface area contributed by atoms with Gasteiger partial charge >= 0.3 is 5.69 Å². The van der Waals surface area contributed by atoms with Gasteiger partial charge in [0.25, 0.3) is 8.53 Å². The summed E-state index contributed by atoms with van der Waals surface area (Å²) in [6.45, 7) is 9.85. The second-order valence-electron chi connectivity index (χ2n) is 13.6. The SMILES string of the molecule is COc1ccc(C(OC[C@@H]2O[C@H](n3ccc(NC(C)=O)nc3=O)C[C@H]2OP(OCCC#N)N(C(C)C)C(C)C)(c2ccccc2)c2ccc(OC)cc2)cc1. The van der Waals surface area contributed by atoms with Crippen LogP contribution in [0.2, 0.25) is 0 Å². The van der Waals surface area contributed by atoms with Gasteiger partial charge in [0.2, 0.25) is 5.91 Å². The van der Waals surface area contributed by atoms with E-state index in [9.17, 15) is 14.9 Å². The van der Waals surface area contributed by atoms with Gasteiger partial charge in [0.15, 0.2) is 0 Å². The van der Waals surface area contributed by atoms with Gasteiger partial charge in [-0.25, -0.2) is 9.46 Å². The molecule has 1 fully saturated rings. The van der Waals surface area contributed by atoms with Crippen molar-refractivity contribution in [3.05, 3.63) is 118 Å². The van der Waals surface area contributed by atoms with Crippen LogP contribution < -0.4 is 20.5 Å². The van der Waals surface area contributed by atoms with Crippen molar-refractivity contribution < 1.29 is 32.8 Å². The Bertz CT molecular complexity index is 1880. The standard InChI is InChI=1S/C41H50N5O8P/c1-28(2)46(29(3)4)55(52-25-11-23-42)54-36-26-39(45-24-22-38(43-30(5)47)44-40(45)48)53-37(36)27-51-41(31-12-9-8-10-13-31,32-14-18-34(49-6)19-15-32)33-16-20-35(50-7)21-17-33/h8-10,12-22,24,28-29,36-37,39H,11,25-27H2,1-7H3,(H,43,44,47,48)/t36-,37+,39+,55?/m1/s1. The van der Waals surface area contributed by atoms with Crippen molar-refractivity contribution >= 4 is 20.3 Å². The lowest BCUT2D eigenvalue weighted by Gasteiger charge is -2.39. The van der Waals surface area contributed by atoms with Crippen LogP contribution in [0.4, 0.5) is 5.82 Å². The average molecular weight is 772 g/mol. The number of carbonyl (C=O) groups excluding carboxylic acids is 1. The van der Waals surface area contributed by atoms with E-state index < -0.39 is 38.3 Å². The zero-order valence-electron chi connectivity index (χ0n) is 32.4. The maximum atomic E-state index is 13.4. The molecule has 292 valence electrons. The van der Waals surface area contributed by atoms with Crippen molar-refractivity contribution in [1.82, 2.24) is 14.2 Å². The van der Waals surface area contributed by atoms with Crippen LogP contribution in [0, 0.1) is 11.3 Å². The maximum Gasteiger partial charge on any atom is 0.351 e. The monoisotopic (exact) mass is 771 g/mol. The molecule has 4 atom stereocenters. The van der Waals surface area contributed by atoms with Crippen LogP contribution >= 0.6 is 8.53 Å². The van der Waals surface area contributed by atoms with Gasteiger partial charge in [0.05, 0.1) is 46.0 Å². The fraction of sp³-hybridized carbons (Fsp3) is 0.415. The fourth-order valence-corrected chi connectivity index (χ4v) is 8.46. The molecule has 1 aliphatic heterocycles. The van der Waals surface area contributed by atoms with E-state index in [1.165, 1.54) is 11.5 Å². The normalized spacial score (nSPS) is 17.7. The lowest BCUT2D eigenvalue weighted by atomic mass is 9.80. The van der Waals surface area contributed by atoms with Gasteiger partial charge in [-0.1, -0.05) is 54.6 Å². The van der Waals surface area contributed by atoms with Gasteiger partial charge in [-0.15, -0.1) is 0 Å². The third kappa shape index (κ3) is 9.96. The molecule has 0 radical (unpaired) electrons. The van der Waals surface area contributed by atoms with Crippen molar-refractivity contribution in [2.45, 2.75) is 83.6 Å². The number of anilines is 1. The lowest BCUT2D eigenvalue weighted by molar-refractivity contribution is -0.114. The number of nitriles is 1. The number of carbonyl (C=O) groups is 1. The molecule has 0 spiro atoms. The zero-order valence-corrected chi connectivity index (χ0v) is 33.3. The van der Waals surface area contributed by atoms with Crippen molar-refractivity contribution in [2.24, 2.45) is 0 Å². The molecule has 1 saturated heterocycles. The molecule has 5 rings (SSSR count). The van der Waals surface area contributed by atoms with Crippen LogP contribution in [0.25, 0.3) is 0 Å². The molecular formula is C41H50N5O8P. The molecular weight excluding hydrogens is 721 g/mol. The van der Waals surface area contributed by atoms with Crippen LogP contribution in [0.15, 0.2) is 95.9 Å². The van der Waals surface area contributed by atoms with E-state index in [0.29, 0.717) is 11.5 Å². The minimum absolute atomic E-state index is 0.0327. The van der Waals surface area contributed by atoms with E-state index in [1.807, 2.05) is 78.9 Å². The summed E-state index contributed by atoms with van der Waals surface area (Å²) >= 11 is 0. The van der Waals surface area contributed by atoms with Crippen LogP contribution in [0.1, 0.15) is 70.4 Å². The van der Waals surface area contributed by atoms with Gasteiger partial charge < -0.3 is 33.3 Å². The molecule has 2 heterocycles. The number of amides is 1. The Kier molecular flexibility index (Phi) is 14.5. The Hall–Kier alpha value is -4.67. The number of aromatic nitrogens is 2. The third-order valence-corrected chi connectivity index (χ3v) is 11.3. The van der Waals surface area contributed by atoms with E-state index in [4.69, 9.17) is 28.0 Å². The molecule has 0 saturated carbocycles. The highest BCUT2D eigenvalue weighted by Crippen LogP contribution is 2.50. The average Bonchev–Trinajstić information content (AvgIpc) is 3.57. The summed E-state index contributed by atoms with van der Waals surface area (Å²) in [4.78, 5) is 29.1. The lowest BCUT2D eigenvalue weighted by Crippen LogP contribution is -2.39. The highest BCUT2D eigenvalue weighted by Gasteiger charge is 2.45. The Morgan fingerprint density at radius 2 is 1.55 bits per heavy atom. The summed E-state index contributed by atoms with van der Waals surface area (Å²) in [6, 6.07) is 29.3. The van der Waals surface area contributed by atoms with Crippen molar-refractivity contribution in [1.29, 1.82) is 5.26 Å². The fourth-order valence-electron chi connectivity index (χ4n) is 6.71. The summed E-state index contributed by atoms with van der Waals surface area (Å²) in [5.41, 5.74) is 0.835. The first-order valence-electron chi connectivity index (χ1n) is 18.3. The van der Waals surface area contributed by atoms with E-state index >= 15 is 0 Å². The first kappa shape index (κ1) is 41.5. The number of methoxy groups -OCH3 is 2. The van der Waals surface area contributed by atoms with Crippen LogP contribution in [0.3, 0.4) is 0 Å². The number of hydrogen-bond donors (Lipinski definition) is 1. The summed E-state index contributed by atoms with van der Waals surface area (Å²) in [6.07, 6.45) is -0.0653. The molecule has 1 unspecified atom stereocenters. The van der Waals surface area contributed by atoms with Crippen molar-refractivity contribution in [3.63, 3.8) is 0 Å². The summed E-state index contributed by atoms with van der Waals surface area (Å²) in [5.74, 6) is 1.20. The number of ether oxygens (including phenoxy) is 4. The Morgan fingerprint density at radius 3 is 2.05 bits per heavy atom. The van der Waals surface area contributed by atoms with Crippen LogP contribution in [0.5, 0.6) is 11.5 Å². The van der Waals surface area contributed by atoms with E-state index in [0.717, 1.165) is 16.7 Å². The highest BCUT2D eigenvalue weighted by molar-refractivity contribution is 7.44. The summed E-state index contributed by atoms with van der Waals surface area (Å²) in [5, 5.41) is 11.9. The zero-order chi connectivity index (χ0) is 39.5. The molecule has 1 aliphatic rings. The Labute approximate surface area is 324 Å². The van der Waals surface area contributed by atoms with Crippen LogP contribution in [-0.2, 0) is 28.9 Å². The molecule has 13 nitrogen and oxygen atoms in total. The molecule has 4 aromatic rings. The molecule has 3 aromatic carbocycles. The first-order chi connectivity index (χ1) is 26.5. The number of rotatable bonds is 18. The maximum absolute atomic E-state index is 13.4. The number of nitrogens with one attached hydrogen (secondary N) is 1. The van der Waals surface area contributed by atoms with Gasteiger partial charge in [-0.3, -0.25) is 9.36 Å². The topological polar surface area (TPSA) is 146 Å². The van der Waals surface area contributed by atoms with E-state index in [1.54, 1.807) is 26.5 Å². The first-order valence-corrected chi connectivity index (χ1v) is 19.4. The molecule has 1 N–H and O–H groups in total. The molecule has 55 heavy (non-hydrogen) atoms. The predicted molar refractivity (Wildman–Crippen MR) is 210 cm³/mol. The van der Waals surface area contributed by atoms with Gasteiger partial charge in [-0.05, 0) is 74.7 Å². The smallest absolute Gasteiger partial charge is 0.351 e. The van der Waals surface area contributed by atoms with E-state index in [-0.39, 0.29) is 49.9 Å². The second-order valence-corrected chi connectivity index (χ2v) is 15.0. The van der Waals surface area contributed by atoms with Crippen molar-refractivity contribution in [2.75, 3.05) is 32.8 Å². The van der Waals surface area contributed by atoms with Crippen LogP contribution in [-0.4, -0.2) is 71.9 Å². The number of hydrogen-bond acceptors (Lipinski definition) is 11. The Balaban J connectivity index is 1.59. The number of nitrogens with zero attached hydrogens (tertiary/aromatic N) is 4. The van der Waals surface area contributed by atoms with Gasteiger partial charge in [-0.2, -0.15) is 10.2 Å². The van der Waals surface area contributed by atoms with Crippen molar-refractivity contribution in [3.8, 4) is 17.6 Å². The summed E-state index contributed by atoms with van der Waals surface area (Å²) in [7, 11) is 1.57. The quantitative estimate of drug-likeness (QED) is 0.0624. The minimum Gasteiger partial charge on any atom is -0.497 e. The molecule has 1 aromatic heterocycles. The third-order valence-electron chi connectivity index (χ3n) is 9.15. The highest BCUT2D eigenvalue weighted by atomic mass is 31.2. The molecule has 0 bridgehead atoms.